The van der Waals surface area contributed by atoms with E-state index in [4.69, 9.17) is 15.2 Å². The third-order valence-corrected chi connectivity index (χ3v) is 1.49. The van der Waals surface area contributed by atoms with Crippen LogP contribution >= 0.6 is 0 Å². The molecule has 0 saturated carbocycles. The van der Waals surface area contributed by atoms with Crippen molar-refractivity contribution in [1.29, 1.82) is 0 Å². The molecule has 0 aliphatic carbocycles. The van der Waals surface area contributed by atoms with E-state index in [-0.39, 0.29) is 12.6 Å². The van der Waals surface area contributed by atoms with Crippen LogP contribution in [0.4, 0.5) is 0 Å². The van der Waals surface area contributed by atoms with Crippen LogP contribution in [0.5, 0.6) is 0 Å². The Labute approximate surface area is 85.8 Å². The molecular formula is C10H21NO3. The second kappa shape index (κ2) is 4.75. The number of carbonyl (C=O) groups excluding carboxylic acids is 1. The maximum absolute atomic E-state index is 11.2. The van der Waals surface area contributed by atoms with Crippen molar-refractivity contribution in [2.75, 3.05) is 13.2 Å². The van der Waals surface area contributed by atoms with Crippen molar-refractivity contribution < 1.29 is 14.3 Å². The first-order valence-electron chi connectivity index (χ1n) is 4.72. The third-order valence-electron chi connectivity index (χ3n) is 1.49. The van der Waals surface area contributed by atoms with Gasteiger partial charge in [-0.05, 0) is 34.6 Å². The fraction of sp³-hybridized carbons (Fsp3) is 0.900. The number of hydrogen-bond donors (Lipinski definition) is 1. The summed E-state index contributed by atoms with van der Waals surface area (Å²) in [7, 11) is 0. The first-order valence-corrected chi connectivity index (χ1v) is 4.72. The summed E-state index contributed by atoms with van der Waals surface area (Å²) in [5, 5.41) is 0. The van der Waals surface area contributed by atoms with Gasteiger partial charge in [-0.15, -0.1) is 0 Å². The molecule has 0 aliphatic heterocycles. The monoisotopic (exact) mass is 203 g/mol. The minimum absolute atomic E-state index is 0.0541. The Morgan fingerprint density at radius 2 is 1.71 bits per heavy atom. The van der Waals surface area contributed by atoms with E-state index in [0.29, 0.717) is 6.54 Å². The first-order chi connectivity index (χ1) is 6.16. The summed E-state index contributed by atoms with van der Waals surface area (Å²) >= 11 is 0. The van der Waals surface area contributed by atoms with Crippen LogP contribution < -0.4 is 5.73 Å². The van der Waals surface area contributed by atoms with Crippen molar-refractivity contribution >= 4 is 5.97 Å². The van der Waals surface area contributed by atoms with Crippen LogP contribution in [0.2, 0.25) is 0 Å². The van der Waals surface area contributed by atoms with Gasteiger partial charge in [0.2, 0.25) is 0 Å². The molecule has 84 valence electrons. The van der Waals surface area contributed by atoms with E-state index >= 15 is 0 Å². The Morgan fingerprint density at radius 1 is 1.21 bits per heavy atom. The quantitative estimate of drug-likeness (QED) is 0.694. The van der Waals surface area contributed by atoms with Gasteiger partial charge in [-0.1, -0.05) is 0 Å². The second-order valence-corrected chi connectivity index (χ2v) is 4.84. The summed E-state index contributed by atoms with van der Waals surface area (Å²) in [6.07, 6.45) is 0. The zero-order chi connectivity index (χ0) is 11.4. The number of rotatable bonds is 4. The van der Waals surface area contributed by atoms with Gasteiger partial charge in [-0.3, -0.25) is 0 Å². The molecule has 0 unspecified atom stereocenters. The van der Waals surface area contributed by atoms with Gasteiger partial charge in [0.1, 0.15) is 12.2 Å². The van der Waals surface area contributed by atoms with E-state index in [1.165, 1.54) is 0 Å². The van der Waals surface area contributed by atoms with E-state index < -0.39 is 11.2 Å². The molecule has 0 atom stereocenters. The Bertz CT molecular complexity index is 194. The highest BCUT2D eigenvalue weighted by Gasteiger charge is 2.21. The van der Waals surface area contributed by atoms with Crippen LogP contribution in [0.3, 0.4) is 0 Å². The summed E-state index contributed by atoms with van der Waals surface area (Å²) in [4.78, 5) is 11.2. The predicted octanol–water partition coefficient (Wildman–Crippen LogP) is 1.08. The molecule has 0 heterocycles. The zero-order valence-electron chi connectivity index (χ0n) is 9.72. The maximum Gasteiger partial charge on any atom is 0.332 e. The largest absolute Gasteiger partial charge is 0.458 e. The van der Waals surface area contributed by atoms with E-state index in [0.717, 1.165) is 0 Å². The van der Waals surface area contributed by atoms with Crippen molar-refractivity contribution in [3.8, 4) is 0 Å². The fourth-order valence-electron chi connectivity index (χ4n) is 0.684. The average molecular weight is 203 g/mol. The van der Waals surface area contributed by atoms with Crippen LogP contribution in [0, 0.1) is 0 Å². The highest BCUT2D eigenvalue weighted by atomic mass is 16.6. The third kappa shape index (κ3) is 6.86. The van der Waals surface area contributed by atoms with Crippen molar-refractivity contribution in [2.45, 2.75) is 45.8 Å². The maximum atomic E-state index is 11.2. The zero-order valence-corrected chi connectivity index (χ0v) is 9.72. The first kappa shape index (κ1) is 13.4. The van der Waals surface area contributed by atoms with Crippen molar-refractivity contribution in [3.63, 3.8) is 0 Å². The lowest BCUT2D eigenvalue weighted by atomic mass is 10.1. The molecule has 0 aliphatic rings. The molecule has 0 radical (unpaired) electrons. The molecule has 0 amide bonds. The lowest BCUT2D eigenvalue weighted by Crippen LogP contribution is -2.37. The van der Waals surface area contributed by atoms with Gasteiger partial charge in [-0.25, -0.2) is 4.79 Å². The van der Waals surface area contributed by atoms with E-state index in [9.17, 15) is 4.79 Å². The van der Waals surface area contributed by atoms with Gasteiger partial charge in [0.15, 0.2) is 0 Å². The number of hydrogen-bond acceptors (Lipinski definition) is 4. The molecule has 4 heteroatoms. The van der Waals surface area contributed by atoms with Gasteiger partial charge in [0, 0.05) is 6.54 Å². The summed E-state index contributed by atoms with van der Waals surface area (Å²) < 4.78 is 10.4. The lowest BCUT2D eigenvalue weighted by Gasteiger charge is -2.24. The van der Waals surface area contributed by atoms with Crippen molar-refractivity contribution in [3.05, 3.63) is 0 Å². The number of esters is 1. The van der Waals surface area contributed by atoms with Gasteiger partial charge >= 0.3 is 5.97 Å². The fourth-order valence-corrected chi connectivity index (χ4v) is 0.684. The molecule has 0 rings (SSSR count). The summed E-state index contributed by atoms with van der Waals surface area (Å²) in [6.45, 7) is 9.43. The van der Waals surface area contributed by atoms with E-state index in [1.54, 1.807) is 0 Å². The molecular weight excluding hydrogens is 182 g/mol. The lowest BCUT2D eigenvalue weighted by molar-refractivity contribution is -0.165. The van der Waals surface area contributed by atoms with Crippen molar-refractivity contribution in [1.82, 2.24) is 0 Å². The van der Waals surface area contributed by atoms with Gasteiger partial charge in [0.25, 0.3) is 0 Å². The summed E-state index contributed by atoms with van der Waals surface area (Å²) in [5.41, 5.74) is 4.50. The number of nitrogens with two attached hydrogens (primary N) is 1. The molecule has 2 N–H and O–H groups in total. The second-order valence-electron chi connectivity index (χ2n) is 4.84. The van der Waals surface area contributed by atoms with E-state index in [2.05, 4.69) is 0 Å². The standard InChI is InChI=1S/C10H21NO3/c1-9(2,3)14-8(12)6-13-10(4,5)7-11/h6-7,11H2,1-5H3. The number of carbonyl (C=O) groups is 1. The molecule has 0 aromatic heterocycles. The van der Waals surface area contributed by atoms with Crippen molar-refractivity contribution in [2.24, 2.45) is 5.73 Å². The molecule has 0 bridgehead atoms. The predicted molar refractivity (Wildman–Crippen MR) is 54.9 cm³/mol. The smallest absolute Gasteiger partial charge is 0.332 e. The Kier molecular flexibility index (Phi) is 4.55. The summed E-state index contributed by atoms with van der Waals surface area (Å²) in [5.74, 6) is -0.362. The highest BCUT2D eigenvalue weighted by Crippen LogP contribution is 2.10. The summed E-state index contributed by atoms with van der Waals surface area (Å²) in [6, 6.07) is 0. The van der Waals surface area contributed by atoms with Gasteiger partial charge in [0.05, 0.1) is 5.60 Å². The van der Waals surface area contributed by atoms with Gasteiger partial charge < -0.3 is 15.2 Å². The Balaban J connectivity index is 3.87. The Hall–Kier alpha value is -0.610. The van der Waals surface area contributed by atoms with Crippen LogP contribution in [0.25, 0.3) is 0 Å². The highest BCUT2D eigenvalue weighted by molar-refractivity contribution is 5.71. The van der Waals surface area contributed by atoms with Crippen LogP contribution in [-0.4, -0.2) is 30.3 Å². The molecule has 14 heavy (non-hydrogen) atoms. The molecule has 0 aromatic rings. The SMILES string of the molecule is CC(C)(C)OC(=O)COC(C)(C)CN. The topological polar surface area (TPSA) is 61.5 Å². The minimum atomic E-state index is -0.475. The molecule has 0 aromatic carbocycles. The van der Waals surface area contributed by atoms with Crippen LogP contribution in [0.15, 0.2) is 0 Å². The van der Waals surface area contributed by atoms with E-state index in [1.807, 2.05) is 34.6 Å². The molecule has 0 spiro atoms. The van der Waals surface area contributed by atoms with Crippen LogP contribution in [0.1, 0.15) is 34.6 Å². The molecule has 0 saturated heterocycles. The minimum Gasteiger partial charge on any atom is -0.458 e. The van der Waals surface area contributed by atoms with Gasteiger partial charge in [-0.2, -0.15) is 0 Å². The normalized spacial score (nSPS) is 12.7. The average Bonchev–Trinajstić information content (AvgIpc) is 1.98. The Morgan fingerprint density at radius 3 is 2.07 bits per heavy atom. The van der Waals surface area contributed by atoms with Crippen LogP contribution in [-0.2, 0) is 14.3 Å². The molecule has 0 fully saturated rings. The number of ether oxygens (including phenoxy) is 2. The molecule has 4 nitrogen and oxygen atoms in total.